The summed E-state index contributed by atoms with van der Waals surface area (Å²) >= 11 is 3.96. The smallest absolute Gasteiger partial charge is 0.201 e. The summed E-state index contributed by atoms with van der Waals surface area (Å²) in [6, 6.07) is 16.5. The molecule has 0 aliphatic heterocycles. The Morgan fingerprint density at radius 1 is 0.867 bits per heavy atom. The summed E-state index contributed by atoms with van der Waals surface area (Å²) in [5.74, 6) is -1.09. The highest BCUT2D eigenvalue weighted by atomic mass is 32.1. The molecule has 4 nitrogen and oxygen atoms in total. The number of hydrogen-bond donors (Lipinski definition) is 5. The Morgan fingerprint density at radius 2 is 1.50 bits per heavy atom. The summed E-state index contributed by atoms with van der Waals surface area (Å²) in [5.41, 5.74) is 1.79. The van der Waals surface area contributed by atoms with E-state index in [-0.39, 0.29) is 22.3 Å². The number of anilines is 1. The second-order valence-electron chi connectivity index (χ2n) is 7.03. The van der Waals surface area contributed by atoms with Gasteiger partial charge in [-0.1, -0.05) is 71.4 Å². The molecule has 0 bridgehead atoms. The second kappa shape index (κ2) is 12.9. The lowest BCUT2D eigenvalue weighted by Gasteiger charge is -2.11. The molecule has 0 heterocycles. The zero-order valence-electron chi connectivity index (χ0n) is 18.6. The lowest BCUT2D eigenvalue weighted by molar-refractivity contribution is 0.358. The zero-order valence-corrected chi connectivity index (χ0v) is 19.5. The molecule has 0 spiro atoms. The van der Waals surface area contributed by atoms with Gasteiger partial charge in [0.05, 0.1) is 4.90 Å². The van der Waals surface area contributed by atoms with Crippen LogP contribution in [0.5, 0.6) is 17.2 Å². The molecule has 4 N–H and O–H groups in total. The quantitative estimate of drug-likeness (QED) is 0.168. The first kappa shape index (κ1) is 25.5. The van der Waals surface area contributed by atoms with Crippen LogP contribution in [0.15, 0.2) is 53.4 Å². The first-order chi connectivity index (χ1) is 14.3. The third-order valence-corrected chi connectivity index (χ3v) is 4.83. The molecule has 0 aliphatic rings. The van der Waals surface area contributed by atoms with Gasteiger partial charge in [0.2, 0.25) is 5.75 Å². The molecular formula is C25H35NO3S. The molecule has 5 heteroatoms. The first-order valence-electron chi connectivity index (χ1n) is 10.5. The van der Waals surface area contributed by atoms with E-state index in [1.165, 1.54) is 35.4 Å². The van der Waals surface area contributed by atoms with E-state index in [1.807, 2.05) is 27.7 Å². The number of nitrogens with one attached hydrogen (secondary N) is 1. The lowest BCUT2D eigenvalue weighted by atomic mass is 10.0. The Labute approximate surface area is 186 Å². The fraction of sp³-hybridized carbons (Fsp3) is 0.360. The maximum atomic E-state index is 9.43. The van der Waals surface area contributed by atoms with Crippen molar-refractivity contribution in [1.82, 2.24) is 0 Å². The molecule has 0 amide bonds. The van der Waals surface area contributed by atoms with E-state index >= 15 is 0 Å². The van der Waals surface area contributed by atoms with Crippen molar-refractivity contribution in [2.75, 3.05) is 11.9 Å². The average molecular weight is 430 g/mol. The van der Waals surface area contributed by atoms with Crippen LogP contribution in [0.3, 0.4) is 0 Å². The largest absolute Gasteiger partial charge is 0.504 e. The normalized spacial score (nSPS) is 10.1. The van der Waals surface area contributed by atoms with Crippen LogP contribution in [0.2, 0.25) is 0 Å². The minimum absolute atomic E-state index is 0.0670. The van der Waals surface area contributed by atoms with Crippen molar-refractivity contribution in [3.63, 3.8) is 0 Å². The molecule has 0 radical (unpaired) electrons. The van der Waals surface area contributed by atoms with Crippen LogP contribution in [0.25, 0.3) is 10.8 Å². The van der Waals surface area contributed by atoms with Crippen LogP contribution in [0.1, 0.15) is 58.9 Å². The van der Waals surface area contributed by atoms with Gasteiger partial charge >= 0.3 is 0 Å². The molecule has 3 rings (SSSR count). The summed E-state index contributed by atoms with van der Waals surface area (Å²) in [6.45, 7) is 11.0. The molecular weight excluding hydrogens is 394 g/mol. The topological polar surface area (TPSA) is 72.7 Å². The monoisotopic (exact) mass is 429 g/mol. The number of aromatic hydroxyl groups is 3. The molecule has 0 aliphatic carbocycles. The van der Waals surface area contributed by atoms with Gasteiger partial charge in [-0.05, 0) is 41.3 Å². The molecule has 0 saturated heterocycles. The van der Waals surface area contributed by atoms with Gasteiger partial charge in [0, 0.05) is 17.8 Å². The highest BCUT2D eigenvalue weighted by Gasteiger charge is 2.16. The van der Waals surface area contributed by atoms with Gasteiger partial charge in [-0.2, -0.15) is 0 Å². The van der Waals surface area contributed by atoms with Crippen molar-refractivity contribution in [3.8, 4) is 17.2 Å². The zero-order chi connectivity index (χ0) is 22.7. The van der Waals surface area contributed by atoms with Crippen LogP contribution in [0.4, 0.5) is 5.69 Å². The van der Waals surface area contributed by atoms with Gasteiger partial charge in [-0.25, -0.2) is 0 Å². The average Bonchev–Trinajstić information content (AvgIpc) is 2.76. The van der Waals surface area contributed by atoms with Gasteiger partial charge in [-0.3, -0.25) is 0 Å². The Balaban J connectivity index is 0.000000280. The van der Waals surface area contributed by atoms with Crippen LogP contribution in [-0.4, -0.2) is 21.9 Å². The molecule has 3 aromatic rings. The van der Waals surface area contributed by atoms with Crippen molar-refractivity contribution in [2.45, 2.75) is 58.3 Å². The van der Waals surface area contributed by atoms with Gasteiger partial charge < -0.3 is 20.6 Å². The second-order valence-corrected chi connectivity index (χ2v) is 7.51. The number of benzene rings is 3. The number of hydrogen-bond acceptors (Lipinski definition) is 5. The van der Waals surface area contributed by atoms with E-state index in [0.29, 0.717) is 5.56 Å². The molecule has 0 saturated carbocycles. The Bertz CT molecular complexity index is 926. The van der Waals surface area contributed by atoms with E-state index in [9.17, 15) is 15.3 Å². The predicted octanol–water partition coefficient (Wildman–Crippen LogP) is 7.29. The highest BCUT2D eigenvalue weighted by molar-refractivity contribution is 7.80. The summed E-state index contributed by atoms with van der Waals surface area (Å²) in [6.07, 6.45) is 2.47. The number of phenols is 3. The number of phenolic OH excluding ortho intramolecular Hbond substituents is 3. The van der Waals surface area contributed by atoms with Gasteiger partial charge in [-0.15, -0.1) is 12.6 Å². The minimum atomic E-state index is -0.504. The summed E-state index contributed by atoms with van der Waals surface area (Å²) in [7, 11) is 0. The van der Waals surface area contributed by atoms with E-state index in [2.05, 4.69) is 67.3 Å². The SMILES string of the molecule is CC.CC(C)c1cc(S)c(O)c(O)c1O.CCCCNc1ccc2ccccc2c1. The van der Waals surface area contributed by atoms with Crippen molar-refractivity contribution in [1.29, 1.82) is 0 Å². The Morgan fingerprint density at radius 3 is 2.10 bits per heavy atom. The standard InChI is InChI=1S/C14H17N.C9H12O3S.C2H6/c1-2-3-10-15-14-9-8-12-6-4-5-7-13(12)11-14;1-4(2)5-3-6(13)8(11)9(12)7(5)10;1-2/h4-9,11,15H,2-3,10H2,1H3;3-4,10-13H,1-2H3;1-2H3. The molecule has 0 fully saturated rings. The molecule has 0 atom stereocenters. The fourth-order valence-electron chi connectivity index (χ4n) is 2.80. The van der Waals surface area contributed by atoms with Gasteiger partial charge in [0.15, 0.2) is 11.5 Å². The number of thiol groups is 1. The van der Waals surface area contributed by atoms with Crippen LogP contribution < -0.4 is 5.32 Å². The van der Waals surface area contributed by atoms with E-state index in [1.54, 1.807) is 0 Å². The maximum absolute atomic E-state index is 9.43. The Kier molecular flexibility index (Phi) is 11.0. The number of fused-ring (bicyclic) bond motifs is 1. The fourth-order valence-corrected chi connectivity index (χ4v) is 3.05. The third kappa shape index (κ3) is 7.06. The van der Waals surface area contributed by atoms with Crippen molar-refractivity contribution in [2.24, 2.45) is 0 Å². The van der Waals surface area contributed by atoms with E-state index in [0.717, 1.165) is 6.54 Å². The van der Waals surface area contributed by atoms with Crippen LogP contribution >= 0.6 is 12.6 Å². The molecule has 30 heavy (non-hydrogen) atoms. The number of unbranched alkanes of at least 4 members (excludes halogenated alkanes) is 1. The first-order valence-corrected chi connectivity index (χ1v) is 11.0. The summed E-state index contributed by atoms with van der Waals surface area (Å²) in [5, 5.41) is 34.0. The Hall–Kier alpha value is -2.53. The van der Waals surface area contributed by atoms with E-state index < -0.39 is 5.75 Å². The van der Waals surface area contributed by atoms with E-state index in [4.69, 9.17) is 0 Å². The highest BCUT2D eigenvalue weighted by Crippen LogP contribution is 2.44. The molecule has 0 aromatic heterocycles. The number of rotatable bonds is 5. The molecule has 164 valence electrons. The minimum Gasteiger partial charge on any atom is -0.504 e. The summed E-state index contributed by atoms with van der Waals surface area (Å²) < 4.78 is 0. The van der Waals surface area contributed by atoms with Crippen molar-refractivity contribution < 1.29 is 15.3 Å². The summed E-state index contributed by atoms with van der Waals surface area (Å²) in [4.78, 5) is 0.263. The molecule has 3 aromatic carbocycles. The lowest BCUT2D eigenvalue weighted by Crippen LogP contribution is -2.00. The van der Waals surface area contributed by atoms with Crippen LogP contribution in [0, 0.1) is 0 Å². The van der Waals surface area contributed by atoms with Crippen molar-refractivity contribution in [3.05, 3.63) is 54.1 Å². The van der Waals surface area contributed by atoms with Crippen LogP contribution in [-0.2, 0) is 0 Å². The van der Waals surface area contributed by atoms with Gasteiger partial charge in [0.1, 0.15) is 0 Å². The van der Waals surface area contributed by atoms with Gasteiger partial charge in [0.25, 0.3) is 0 Å². The van der Waals surface area contributed by atoms with Crippen molar-refractivity contribution >= 4 is 29.1 Å². The maximum Gasteiger partial charge on any atom is 0.201 e. The third-order valence-electron chi connectivity index (χ3n) is 4.49. The predicted molar refractivity (Wildman–Crippen MR) is 131 cm³/mol. The molecule has 0 unspecified atom stereocenters.